The van der Waals surface area contributed by atoms with Crippen molar-refractivity contribution >= 4 is 15.8 Å². The average Bonchev–Trinajstić information content (AvgIpc) is 2.28. The predicted octanol–water partition coefficient (Wildman–Crippen LogP) is 0.0683. The monoisotopic (exact) mass is 254 g/mol. The molecule has 0 spiro atoms. The highest BCUT2D eigenvalue weighted by Gasteiger charge is 2.17. The molecule has 1 atom stereocenters. The third-order valence-electron chi connectivity index (χ3n) is 2.12. The molecule has 1 aromatic carbocycles. The number of carboxylic acids is 1. The van der Waals surface area contributed by atoms with Crippen molar-refractivity contribution in [2.24, 2.45) is 5.73 Å². The first-order chi connectivity index (χ1) is 7.88. The summed E-state index contributed by atoms with van der Waals surface area (Å²) in [5.74, 6) is -1.81. The Balaban J connectivity index is 3.05. The van der Waals surface area contributed by atoms with Crippen molar-refractivity contribution in [1.29, 1.82) is 5.26 Å². The van der Waals surface area contributed by atoms with Gasteiger partial charge in [0.1, 0.15) is 11.8 Å². The van der Waals surface area contributed by atoms with Gasteiger partial charge in [0.15, 0.2) is 9.84 Å². The van der Waals surface area contributed by atoms with E-state index in [4.69, 9.17) is 16.1 Å². The standard InChI is InChI=1S/C10H10N2O4S/c11-5-6-17(15,16)8-3-1-7(2-4-8)9(12)10(13)14/h1-4,9H,6,12H2,(H,13,14)/t9-/m0/s1. The number of benzene rings is 1. The van der Waals surface area contributed by atoms with E-state index in [-0.39, 0.29) is 4.90 Å². The first-order valence-electron chi connectivity index (χ1n) is 4.56. The van der Waals surface area contributed by atoms with E-state index in [1.165, 1.54) is 24.3 Å². The molecular weight excluding hydrogens is 244 g/mol. The van der Waals surface area contributed by atoms with Crippen molar-refractivity contribution in [3.05, 3.63) is 29.8 Å². The largest absolute Gasteiger partial charge is 0.480 e. The number of hydrogen-bond donors (Lipinski definition) is 2. The Morgan fingerprint density at radius 2 is 1.94 bits per heavy atom. The number of aliphatic carboxylic acids is 1. The molecule has 0 bridgehead atoms. The highest BCUT2D eigenvalue weighted by Crippen LogP contribution is 2.16. The van der Waals surface area contributed by atoms with Gasteiger partial charge in [-0.05, 0) is 17.7 Å². The second-order valence-electron chi connectivity index (χ2n) is 3.30. The van der Waals surface area contributed by atoms with Crippen LogP contribution in [-0.4, -0.2) is 25.2 Å². The van der Waals surface area contributed by atoms with E-state index in [0.717, 1.165) is 0 Å². The van der Waals surface area contributed by atoms with Crippen molar-refractivity contribution in [3.63, 3.8) is 0 Å². The molecule has 0 heterocycles. The fourth-order valence-corrected chi connectivity index (χ4v) is 2.08. The number of carboxylic acid groups (broad SMARTS) is 1. The van der Waals surface area contributed by atoms with E-state index < -0.39 is 27.6 Å². The van der Waals surface area contributed by atoms with Gasteiger partial charge in [-0.15, -0.1) is 0 Å². The molecule has 0 aromatic heterocycles. The first kappa shape index (κ1) is 13.2. The molecule has 0 saturated heterocycles. The lowest BCUT2D eigenvalue weighted by Gasteiger charge is -2.07. The van der Waals surface area contributed by atoms with E-state index in [1.807, 2.05) is 0 Å². The van der Waals surface area contributed by atoms with Crippen LogP contribution in [0.2, 0.25) is 0 Å². The number of carbonyl (C=O) groups is 1. The van der Waals surface area contributed by atoms with Crippen LogP contribution in [0.4, 0.5) is 0 Å². The lowest BCUT2D eigenvalue weighted by atomic mass is 10.1. The third kappa shape index (κ3) is 3.03. The van der Waals surface area contributed by atoms with Gasteiger partial charge >= 0.3 is 5.97 Å². The molecule has 0 radical (unpaired) electrons. The highest BCUT2D eigenvalue weighted by atomic mass is 32.2. The van der Waals surface area contributed by atoms with Gasteiger partial charge in [0.25, 0.3) is 0 Å². The highest BCUT2D eigenvalue weighted by molar-refractivity contribution is 7.91. The molecule has 0 aliphatic rings. The number of nitrogens with two attached hydrogens (primary N) is 1. The lowest BCUT2D eigenvalue weighted by Crippen LogP contribution is -2.20. The molecule has 17 heavy (non-hydrogen) atoms. The second kappa shape index (κ2) is 4.95. The Morgan fingerprint density at radius 1 is 1.41 bits per heavy atom. The van der Waals surface area contributed by atoms with Crippen molar-refractivity contribution in [2.75, 3.05) is 5.75 Å². The Bertz CT molecular complexity index is 557. The van der Waals surface area contributed by atoms with Crippen LogP contribution in [-0.2, 0) is 14.6 Å². The van der Waals surface area contributed by atoms with Crippen molar-refractivity contribution in [3.8, 4) is 6.07 Å². The van der Waals surface area contributed by atoms with Crippen LogP contribution in [0.1, 0.15) is 11.6 Å². The van der Waals surface area contributed by atoms with E-state index in [1.54, 1.807) is 6.07 Å². The summed E-state index contributed by atoms with van der Waals surface area (Å²) in [5, 5.41) is 17.0. The van der Waals surface area contributed by atoms with E-state index in [2.05, 4.69) is 0 Å². The van der Waals surface area contributed by atoms with Crippen molar-refractivity contribution < 1.29 is 18.3 Å². The van der Waals surface area contributed by atoms with Gasteiger partial charge in [-0.2, -0.15) is 5.26 Å². The average molecular weight is 254 g/mol. The van der Waals surface area contributed by atoms with Crippen LogP contribution in [0.25, 0.3) is 0 Å². The summed E-state index contributed by atoms with van der Waals surface area (Å²) < 4.78 is 23.0. The van der Waals surface area contributed by atoms with Crippen LogP contribution >= 0.6 is 0 Å². The zero-order valence-electron chi connectivity index (χ0n) is 8.70. The maximum atomic E-state index is 11.5. The minimum atomic E-state index is -3.62. The van der Waals surface area contributed by atoms with E-state index >= 15 is 0 Å². The molecule has 1 aromatic rings. The fourth-order valence-electron chi connectivity index (χ4n) is 1.19. The molecule has 7 heteroatoms. The van der Waals surface area contributed by atoms with Crippen LogP contribution < -0.4 is 5.73 Å². The zero-order chi connectivity index (χ0) is 13.1. The maximum Gasteiger partial charge on any atom is 0.325 e. The molecule has 3 N–H and O–H groups in total. The number of sulfone groups is 1. The summed E-state index contributed by atoms with van der Waals surface area (Å²) in [6.07, 6.45) is 0. The molecule has 0 aliphatic carbocycles. The molecule has 0 saturated carbocycles. The second-order valence-corrected chi connectivity index (χ2v) is 5.29. The van der Waals surface area contributed by atoms with Crippen LogP contribution in [0.3, 0.4) is 0 Å². The summed E-state index contributed by atoms with van der Waals surface area (Å²) in [4.78, 5) is 10.6. The third-order valence-corrected chi connectivity index (χ3v) is 3.62. The summed E-state index contributed by atoms with van der Waals surface area (Å²) >= 11 is 0. The van der Waals surface area contributed by atoms with Gasteiger partial charge in [-0.1, -0.05) is 12.1 Å². The molecule has 0 fully saturated rings. The van der Waals surface area contributed by atoms with Crippen molar-refractivity contribution in [1.82, 2.24) is 0 Å². The molecule has 0 aliphatic heterocycles. The molecule has 90 valence electrons. The Kier molecular flexibility index (Phi) is 3.83. The molecule has 0 amide bonds. The maximum absolute atomic E-state index is 11.5. The minimum absolute atomic E-state index is 0.0274. The first-order valence-corrected chi connectivity index (χ1v) is 6.22. The van der Waals surface area contributed by atoms with Gasteiger partial charge in [0, 0.05) is 0 Å². The van der Waals surface area contributed by atoms with E-state index in [9.17, 15) is 13.2 Å². The Labute approximate surface area is 98.2 Å². The lowest BCUT2D eigenvalue weighted by molar-refractivity contribution is -0.138. The van der Waals surface area contributed by atoms with Gasteiger partial charge in [-0.3, -0.25) is 4.79 Å². The smallest absolute Gasteiger partial charge is 0.325 e. The molecular formula is C10H10N2O4S. The van der Waals surface area contributed by atoms with Gasteiger partial charge in [0.05, 0.1) is 11.0 Å². The number of rotatable bonds is 4. The van der Waals surface area contributed by atoms with Gasteiger partial charge < -0.3 is 10.8 Å². The Hall–Kier alpha value is -1.91. The van der Waals surface area contributed by atoms with Gasteiger partial charge in [-0.25, -0.2) is 8.42 Å². The predicted molar refractivity (Wildman–Crippen MR) is 58.7 cm³/mol. The topological polar surface area (TPSA) is 121 Å². The van der Waals surface area contributed by atoms with Crippen LogP contribution in [0.15, 0.2) is 29.2 Å². The summed E-state index contributed by atoms with van der Waals surface area (Å²) in [5.41, 5.74) is 5.65. The van der Waals surface area contributed by atoms with Crippen LogP contribution in [0.5, 0.6) is 0 Å². The molecule has 0 unspecified atom stereocenters. The summed E-state index contributed by atoms with van der Waals surface area (Å²) in [6, 6.07) is 5.49. The number of nitriles is 1. The normalized spacial score (nSPS) is 12.7. The Morgan fingerprint density at radius 3 is 2.35 bits per heavy atom. The summed E-state index contributed by atoms with van der Waals surface area (Å²) in [7, 11) is -3.62. The van der Waals surface area contributed by atoms with Gasteiger partial charge in [0.2, 0.25) is 0 Å². The van der Waals surface area contributed by atoms with Crippen LogP contribution in [0, 0.1) is 11.3 Å². The zero-order valence-corrected chi connectivity index (χ0v) is 9.52. The molecule has 1 rings (SSSR count). The fraction of sp³-hybridized carbons (Fsp3) is 0.200. The number of hydrogen-bond acceptors (Lipinski definition) is 5. The minimum Gasteiger partial charge on any atom is -0.480 e. The quantitative estimate of drug-likeness (QED) is 0.784. The van der Waals surface area contributed by atoms with Crippen molar-refractivity contribution in [2.45, 2.75) is 10.9 Å². The number of nitrogens with zero attached hydrogens (tertiary/aromatic N) is 1. The van der Waals surface area contributed by atoms with E-state index in [0.29, 0.717) is 5.56 Å². The SMILES string of the molecule is N#CCS(=O)(=O)c1ccc([C@H](N)C(=O)O)cc1. The molecule has 6 nitrogen and oxygen atoms in total. The summed E-state index contributed by atoms with van der Waals surface area (Å²) in [6.45, 7) is 0.